The lowest BCUT2D eigenvalue weighted by Gasteiger charge is -2.36. The number of Topliss-reactive ketones (excluding diaryl/α,β-unsaturated/α-hetero) is 1. The topological polar surface area (TPSA) is 73.0 Å². The number of hydrogen-bond acceptors (Lipinski definition) is 4. The van der Waals surface area contributed by atoms with Crippen molar-refractivity contribution in [1.29, 1.82) is 0 Å². The van der Waals surface area contributed by atoms with E-state index in [1.807, 2.05) is 35.7 Å². The monoisotopic (exact) mass is 357 g/mol. The lowest BCUT2D eigenvalue weighted by Crippen LogP contribution is -2.45. The average molecular weight is 357 g/mol. The number of piperidine rings is 1. The molecule has 1 saturated heterocycles. The summed E-state index contributed by atoms with van der Waals surface area (Å²) >= 11 is 0. The summed E-state index contributed by atoms with van der Waals surface area (Å²) in [5.74, 6) is 0.0737. The van der Waals surface area contributed by atoms with Crippen LogP contribution in [-0.2, 0) is 17.9 Å². The van der Waals surface area contributed by atoms with Gasteiger partial charge in [-0.1, -0.05) is 0 Å². The van der Waals surface area contributed by atoms with Crippen molar-refractivity contribution in [3.63, 3.8) is 0 Å². The van der Waals surface area contributed by atoms with Gasteiger partial charge in [-0.05, 0) is 52.5 Å². The summed E-state index contributed by atoms with van der Waals surface area (Å²) in [4.78, 5) is 26.7. The summed E-state index contributed by atoms with van der Waals surface area (Å²) in [5.41, 5.74) is 2.09. The quantitative estimate of drug-likeness (QED) is 0.744. The number of likely N-dealkylation sites (tertiary alicyclic amines) is 1. The van der Waals surface area contributed by atoms with Crippen molar-refractivity contribution in [2.24, 2.45) is 0 Å². The van der Waals surface area contributed by atoms with E-state index in [2.05, 4.69) is 10.2 Å². The molecular weight excluding hydrogens is 330 g/mol. The smallest absolute Gasteiger partial charge is 0.244 e. The van der Waals surface area contributed by atoms with Gasteiger partial charge in [-0.25, -0.2) is 0 Å². The van der Waals surface area contributed by atoms with E-state index in [1.54, 1.807) is 17.8 Å². The maximum atomic E-state index is 12.9. The maximum absolute atomic E-state index is 12.9. The Hall–Kier alpha value is -2.44. The van der Waals surface area contributed by atoms with Gasteiger partial charge in [0, 0.05) is 37.2 Å². The molecule has 3 rings (SSSR count). The fourth-order valence-electron chi connectivity index (χ4n) is 3.92. The Labute approximate surface area is 154 Å². The first-order valence-electron chi connectivity index (χ1n) is 9.29. The zero-order valence-electron chi connectivity index (χ0n) is 15.8. The Morgan fingerprint density at radius 2 is 2.08 bits per heavy atom. The minimum atomic E-state index is -0.00577. The molecule has 0 unspecified atom stereocenters. The number of aryl methyl sites for hydroxylation is 2. The first-order valence-corrected chi connectivity index (χ1v) is 9.29. The third-order valence-electron chi connectivity index (χ3n) is 5.22. The predicted octanol–water partition coefficient (Wildman–Crippen LogP) is 2.37. The highest BCUT2D eigenvalue weighted by atomic mass is 16.2. The van der Waals surface area contributed by atoms with E-state index in [4.69, 9.17) is 0 Å². The van der Waals surface area contributed by atoms with Gasteiger partial charge in [0.15, 0.2) is 5.78 Å². The molecule has 3 heterocycles. The van der Waals surface area contributed by atoms with Crippen LogP contribution in [0, 0.1) is 13.8 Å². The summed E-state index contributed by atoms with van der Waals surface area (Å²) in [6.07, 6.45) is 7.86. The van der Waals surface area contributed by atoms with Crippen LogP contribution in [0.15, 0.2) is 18.5 Å². The van der Waals surface area contributed by atoms with Crippen LogP contribution in [0.5, 0.6) is 0 Å². The second-order valence-corrected chi connectivity index (χ2v) is 7.05. The molecule has 7 nitrogen and oxygen atoms in total. The summed E-state index contributed by atoms with van der Waals surface area (Å²) in [7, 11) is 0. The molecule has 0 saturated carbocycles. The largest absolute Gasteiger partial charge is 0.338 e. The van der Waals surface area contributed by atoms with Gasteiger partial charge < -0.3 is 4.90 Å². The number of rotatable bonds is 6. The second kappa shape index (κ2) is 7.85. The molecular formula is C19H27N5O2. The van der Waals surface area contributed by atoms with Crippen LogP contribution in [0.3, 0.4) is 0 Å². The molecule has 140 valence electrons. The highest BCUT2D eigenvalue weighted by molar-refractivity contribution is 5.96. The molecule has 0 aromatic carbocycles. The zero-order valence-corrected chi connectivity index (χ0v) is 15.8. The Morgan fingerprint density at radius 1 is 1.27 bits per heavy atom. The number of amides is 1. The Bertz CT molecular complexity index is 778. The second-order valence-electron chi connectivity index (χ2n) is 7.05. The van der Waals surface area contributed by atoms with Crippen LogP contribution in [0.25, 0.3) is 0 Å². The number of hydrogen-bond donors (Lipinski definition) is 0. The van der Waals surface area contributed by atoms with Crippen LogP contribution in [-0.4, -0.2) is 48.7 Å². The minimum absolute atomic E-state index is 0.00577. The van der Waals surface area contributed by atoms with Crippen LogP contribution < -0.4 is 0 Å². The van der Waals surface area contributed by atoms with Crippen molar-refractivity contribution < 1.29 is 9.59 Å². The van der Waals surface area contributed by atoms with Gasteiger partial charge in [0.25, 0.3) is 0 Å². The Balaban J connectivity index is 1.68. The SMILES string of the molecule is CC(=O)c1c(C)nn(CC(=O)N2CCCC[C@H]2CCn2cccn2)c1C. The van der Waals surface area contributed by atoms with Crippen molar-refractivity contribution >= 4 is 11.7 Å². The Morgan fingerprint density at radius 3 is 2.73 bits per heavy atom. The lowest BCUT2D eigenvalue weighted by atomic mass is 9.99. The van der Waals surface area contributed by atoms with E-state index < -0.39 is 0 Å². The third kappa shape index (κ3) is 3.86. The van der Waals surface area contributed by atoms with Gasteiger partial charge in [0.05, 0.1) is 11.3 Å². The molecule has 26 heavy (non-hydrogen) atoms. The van der Waals surface area contributed by atoms with E-state index in [9.17, 15) is 9.59 Å². The van der Waals surface area contributed by atoms with E-state index in [0.29, 0.717) is 11.3 Å². The summed E-state index contributed by atoms with van der Waals surface area (Å²) in [6, 6.07) is 2.16. The molecule has 2 aromatic heterocycles. The van der Waals surface area contributed by atoms with Crippen LogP contribution >= 0.6 is 0 Å². The molecule has 1 amide bonds. The highest BCUT2D eigenvalue weighted by Crippen LogP contribution is 2.21. The molecule has 1 fully saturated rings. The van der Waals surface area contributed by atoms with Gasteiger partial charge in [-0.3, -0.25) is 19.0 Å². The van der Waals surface area contributed by atoms with E-state index in [-0.39, 0.29) is 24.3 Å². The van der Waals surface area contributed by atoms with E-state index in [1.165, 1.54) is 0 Å². The van der Waals surface area contributed by atoms with Crippen molar-refractivity contribution in [2.45, 2.75) is 65.6 Å². The molecule has 0 bridgehead atoms. The fraction of sp³-hybridized carbons (Fsp3) is 0.579. The molecule has 0 radical (unpaired) electrons. The predicted molar refractivity (Wildman–Crippen MR) is 97.9 cm³/mol. The summed E-state index contributed by atoms with van der Waals surface area (Å²) < 4.78 is 3.59. The van der Waals surface area contributed by atoms with Gasteiger partial charge >= 0.3 is 0 Å². The van der Waals surface area contributed by atoms with Gasteiger partial charge in [0.2, 0.25) is 5.91 Å². The minimum Gasteiger partial charge on any atom is -0.338 e. The maximum Gasteiger partial charge on any atom is 0.244 e. The van der Waals surface area contributed by atoms with Crippen LogP contribution in [0.4, 0.5) is 0 Å². The van der Waals surface area contributed by atoms with Crippen LogP contribution in [0.2, 0.25) is 0 Å². The van der Waals surface area contributed by atoms with Gasteiger partial charge in [0.1, 0.15) is 6.54 Å². The van der Waals surface area contributed by atoms with Crippen LogP contribution in [0.1, 0.15) is 54.4 Å². The molecule has 1 aliphatic rings. The molecule has 0 spiro atoms. The van der Waals surface area contributed by atoms with Crippen molar-refractivity contribution in [2.75, 3.05) is 6.54 Å². The van der Waals surface area contributed by atoms with Crippen molar-refractivity contribution in [1.82, 2.24) is 24.5 Å². The summed E-state index contributed by atoms with van der Waals surface area (Å²) in [5, 5.41) is 8.66. The number of nitrogens with zero attached hydrogens (tertiary/aromatic N) is 5. The number of carbonyl (C=O) groups excluding carboxylic acids is 2. The molecule has 0 N–H and O–H groups in total. The molecule has 0 aliphatic carbocycles. The number of aromatic nitrogens is 4. The molecule has 1 aliphatic heterocycles. The van der Waals surface area contributed by atoms with Gasteiger partial charge in [-0.15, -0.1) is 0 Å². The highest BCUT2D eigenvalue weighted by Gasteiger charge is 2.27. The van der Waals surface area contributed by atoms with E-state index >= 15 is 0 Å². The normalized spacial score (nSPS) is 17.5. The standard InChI is InChI=1S/C19H27N5O2/c1-14-19(16(3)25)15(2)24(21-14)13-18(26)23-11-5-4-7-17(23)8-12-22-10-6-9-20-22/h6,9-10,17H,4-5,7-8,11-13H2,1-3H3/t17-/m0/s1. The first-order chi connectivity index (χ1) is 12.5. The van der Waals surface area contributed by atoms with Crippen molar-refractivity contribution in [3.05, 3.63) is 35.4 Å². The lowest BCUT2D eigenvalue weighted by molar-refractivity contribution is -0.136. The molecule has 2 aromatic rings. The van der Waals surface area contributed by atoms with E-state index in [0.717, 1.165) is 44.5 Å². The first kappa shape index (κ1) is 18.4. The number of ketones is 1. The summed E-state index contributed by atoms with van der Waals surface area (Å²) in [6.45, 7) is 7.02. The third-order valence-corrected chi connectivity index (χ3v) is 5.22. The van der Waals surface area contributed by atoms with Gasteiger partial charge in [-0.2, -0.15) is 10.2 Å². The zero-order chi connectivity index (χ0) is 18.7. The van der Waals surface area contributed by atoms with Crippen molar-refractivity contribution in [3.8, 4) is 0 Å². The fourth-order valence-corrected chi connectivity index (χ4v) is 3.92. The number of carbonyl (C=O) groups is 2. The molecule has 1 atom stereocenters. The molecule has 7 heteroatoms. The Kier molecular flexibility index (Phi) is 5.54. The average Bonchev–Trinajstić information content (AvgIpc) is 3.21.